The van der Waals surface area contributed by atoms with Gasteiger partial charge in [-0.1, -0.05) is 0 Å². The van der Waals surface area contributed by atoms with E-state index in [0.29, 0.717) is 18.2 Å². The molecule has 0 aromatic heterocycles. The lowest BCUT2D eigenvalue weighted by Crippen LogP contribution is -2.44. The molecule has 0 unspecified atom stereocenters. The van der Waals surface area contributed by atoms with Crippen LogP contribution in [0.25, 0.3) is 0 Å². The number of nitrogens with one attached hydrogen (secondary N) is 1. The molecule has 6 heteroatoms. The molecule has 1 aliphatic rings. The summed E-state index contributed by atoms with van der Waals surface area (Å²) in [5.41, 5.74) is 0.564. The fraction of sp³-hybridized carbons (Fsp3) is 0.600. The Morgan fingerprint density at radius 3 is 2.69 bits per heavy atom. The third-order valence-corrected chi connectivity index (χ3v) is 1.98. The Hall–Kier alpha value is -1.56. The van der Waals surface area contributed by atoms with Crippen molar-refractivity contribution in [2.45, 2.75) is 19.9 Å². The molecule has 92 valence electrons. The normalized spacial score (nSPS) is 14.9. The van der Waals surface area contributed by atoms with E-state index >= 15 is 0 Å². The molecule has 0 aromatic rings. The molecule has 6 nitrogen and oxygen atoms in total. The van der Waals surface area contributed by atoms with E-state index in [1.165, 1.54) is 7.11 Å². The van der Waals surface area contributed by atoms with Crippen LogP contribution < -0.4 is 5.32 Å². The van der Waals surface area contributed by atoms with E-state index in [9.17, 15) is 4.79 Å². The molecule has 0 spiro atoms. The lowest BCUT2D eigenvalue weighted by atomic mass is 10.2. The summed E-state index contributed by atoms with van der Waals surface area (Å²) in [6.07, 6.45) is 1.55. The van der Waals surface area contributed by atoms with Gasteiger partial charge in [-0.15, -0.1) is 0 Å². The average Bonchev–Trinajstić information content (AvgIpc) is 2.19. The van der Waals surface area contributed by atoms with Crippen molar-refractivity contribution in [1.82, 2.24) is 10.2 Å². The van der Waals surface area contributed by atoms with Crippen LogP contribution in [0.3, 0.4) is 0 Å². The highest BCUT2D eigenvalue weighted by Gasteiger charge is 2.18. The van der Waals surface area contributed by atoms with Crippen molar-refractivity contribution < 1.29 is 15.0 Å². The molecule has 1 rings (SSSR count). The van der Waals surface area contributed by atoms with E-state index in [2.05, 4.69) is 15.0 Å². The molecule has 3 N–H and O–H groups in total. The minimum Gasteiger partial charge on any atom is -0.466 e. The number of hydrogen-bond acceptors (Lipinski definition) is 5. The van der Waals surface area contributed by atoms with Gasteiger partial charge in [-0.3, -0.25) is 0 Å². The SMILES string of the molecule is COC(=O)C1=CN=C(NC(C)C)N(C)C1.O. The van der Waals surface area contributed by atoms with Gasteiger partial charge in [-0.25, -0.2) is 9.79 Å². The number of hydrogen-bond donors (Lipinski definition) is 1. The average molecular weight is 229 g/mol. The van der Waals surface area contributed by atoms with Gasteiger partial charge in [0.15, 0.2) is 5.96 Å². The second-order valence-corrected chi connectivity index (χ2v) is 3.75. The van der Waals surface area contributed by atoms with Gasteiger partial charge >= 0.3 is 5.97 Å². The number of carbonyl (C=O) groups excluding carboxylic acids is 1. The van der Waals surface area contributed by atoms with Crippen molar-refractivity contribution in [1.29, 1.82) is 0 Å². The fourth-order valence-corrected chi connectivity index (χ4v) is 1.26. The van der Waals surface area contributed by atoms with E-state index in [1.807, 2.05) is 25.8 Å². The van der Waals surface area contributed by atoms with E-state index in [1.54, 1.807) is 6.20 Å². The van der Waals surface area contributed by atoms with Crippen LogP contribution in [0.1, 0.15) is 13.8 Å². The Kier molecular flexibility index (Phi) is 5.52. The van der Waals surface area contributed by atoms with Gasteiger partial charge in [0.05, 0.1) is 19.2 Å². The maximum absolute atomic E-state index is 11.2. The molecule has 0 bridgehead atoms. The number of rotatable bonds is 2. The topological polar surface area (TPSA) is 85.4 Å². The van der Waals surface area contributed by atoms with Crippen molar-refractivity contribution in [2.75, 3.05) is 20.7 Å². The number of methoxy groups -OCH3 is 1. The largest absolute Gasteiger partial charge is 0.466 e. The third-order valence-electron chi connectivity index (χ3n) is 1.98. The number of esters is 1. The monoisotopic (exact) mass is 229 g/mol. The minimum atomic E-state index is -0.325. The maximum atomic E-state index is 11.2. The van der Waals surface area contributed by atoms with E-state index < -0.39 is 0 Å². The first-order valence-corrected chi connectivity index (χ1v) is 4.87. The molecule has 0 amide bonds. The van der Waals surface area contributed by atoms with Crippen molar-refractivity contribution in [3.05, 3.63) is 11.8 Å². The molecule has 1 aliphatic heterocycles. The fourth-order valence-electron chi connectivity index (χ4n) is 1.26. The van der Waals surface area contributed by atoms with Gasteiger partial charge in [-0.05, 0) is 13.8 Å². The second-order valence-electron chi connectivity index (χ2n) is 3.75. The molecule has 16 heavy (non-hydrogen) atoms. The number of aliphatic imine (C=N–C) groups is 1. The highest BCUT2D eigenvalue weighted by molar-refractivity contribution is 5.92. The standard InChI is InChI=1S/C10H17N3O2.H2O/c1-7(2)12-10-11-5-8(6-13(10)3)9(14)15-4;/h5,7H,6H2,1-4H3,(H,11,12);1H2. The van der Waals surface area contributed by atoms with Crippen molar-refractivity contribution >= 4 is 11.9 Å². The highest BCUT2D eigenvalue weighted by Crippen LogP contribution is 2.07. The number of guanidine groups is 1. The maximum Gasteiger partial charge on any atom is 0.337 e. The quantitative estimate of drug-likeness (QED) is 0.648. The van der Waals surface area contributed by atoms with Gasteiger partial charge in [0.2, 0.25) is 0 Å². The Morgan fingerprint density at radius 2 is 2.25 bits per heavy atom. The summed E-state index contributed by atoms with van der Waals surface area (Å²) in [6.45, 7) is 4.59. The summed E-state index contributed by atoms with van der Waals surface area (Å²) >= 11 is 0. The van der Waals surface area contributed by atoms with Crippen LogP contribution in [0, 0.1) is 0 Å². The molecule has 0 atom stereocenters. The molecule has 0 fully saturated rings. The van der Waals surface area contributed by atoms with Gasteiger partial charge in [-0.2, -0.15) is 0 Å². The smallest absolute Gasteiger partial charge is 0.337 e. The molecule has 0 saturated heterocycles. The molecular weight excluding hydrogens is 210 g/mol. The first-order chi connectivity index (χ1) is 7.04. The summed E-state index contributed by atoms with van der Waals surface area (Å²) < 4.78 is 4.63. The zero-order valence-electron chi connectivity index (χ0n) is 10.1. The summed E-state index contributed by atoms with van der Waals surface area (Å²) in [5, 5.41) is 3.19. The van der Waals surface area contributed by atoms with Gasteiger partial charge < -0.3 is 20.4 Å². The predicted molar refractivity (Wildman–Crippen MR) is 62.0 cm³/mol. The first-order valence-electron chi connectivity index (χ1n) is 4.87. The Labute approximate surface area is 95.3 Å². The number of ether oxygens (including phenoxy) is 1. The first kappa shape index (κ1) is 14.4. The predicted octanol–water partition coefficient (Wildman–Crippen LogP) is -0.482. The Morgan fingerprint density at radius 1 is 1.62 bits per heavy atom. The summed E-state index contributed by atoms with van der Waals surface area (Å²) in [7, 11) is 3.25. The summed E-state index contributed by atoms with van der Waals surface area (Å²) in [6, 6.07) is 0.319. The number of nitrogens with zero attached hydrogens (tertiary/aromatic N) is 2. The van der Waals surface area contributed by atoms with Crippen LogP contribution in [-0.2, 0) is 9.53 Å². The van der Waals surface area contributed by atoms with Gasteiger partial charge in [0, 0.05) is 19.3 Å². The molecular formula is C10H19N3O3. The van der Waals surface area contributed by atoms with Crippen LogP contribution in [0.2, 0.25) is 0 Å². The number of likely N-dealkylation sites (N-methyl/N-ethyl adjacent to an activating group) is 1. The molecule has 0 aliphatic carbocycles. The zero-order valence-corrected chi connectivity index (χ0v) is 10.1. The van der Waals surface area contributed by atoms with E-state index in [0.717, 1.165) is 5.96 Å². The molecule has 1 heterocycles. The third kappa shape index (κ3) is 3.54. The number of carbonyl (C=O) groups is 1. The van der Waals surface area contributed by atoms with Crippen LogP contribution in [0.15, 0.2) is 16.8 Å². The van der Waals surface area contributed by atoms with Crippen molar-refractivity contribution in [3.63, 3.8) is 0 Å². The van der Waals surface area contributed by atoms with Gasteiger partial charge in [0.25, 0.3) is 0 Å². The summed E-state index contributed by atoms with van der Waals surface area (Å²) in [5.74, 6) is 0.451. The van der Waals surface area contributed by atoms with Crippen molar-refractivity contribution in [2.24, 2.45) is 4.99 Å². The van der Waals surface area contributed by atoms with Crippen molar-refractivity contribution in [3.8, 4) is 0 Å². The van der Waals surface area contributed by atoms with E-state index in [-0.39, 0.29) is 11.4 Å². The van der Waals surface area contributed by atoms with Crippen LogP contribution in [0.5, 0.6) is 0 Å². The van der Waals surface area contributed by atoms with Crippen LogP contribution in [-0.4, -0.2) is 49.0 Å². The lowest BCUT2D eigenvalue weighted by molar-refractivity contribution is -0.136. The summed E-state index contributed by atoms with van der Waals surface area (Å²) in [4.78, 5) is 17.3. The van der Waals surface area contributed by atoms with E-state index in [4.69, 9.17) is 0 Å². The molecule has 0 radical (unpaired) electrons. The minimum absolute atomic E-state index is 0. The highest BCUT2D eigenvalue weighted by atomic mass is 16.5. The van der Waals surface area contributed by atoms with Gasteiger partial charge in [0.1, 0.15) is 0 Å². The lowest BCUT2D eigenvalue weighted by Gasteiger charge is -2.26. The zero-order chi connectivity index (χ0) is 11.4. The Balaban J connectivity index is 0.00000225. The van der Waals surface area contributed by atoms with Crippen LogP contribution in [0.4, 0.5) is 0 Å². The van der Waals surface area contributed by atoms with Crippen LogP contribution >= 0.6 is 0 Å². The Bertz CT molecular complexity index is 310. The molecule has 0 saturated carbocycles. The molecule has 0 aromatic carbocycles. The second kappa shape index (κ2) is 6.12.